The highest BCUT2D eigenvalue weighted by molar-refractivity contribution is 6.86. The van der Waals surface area contributed by atoms with E-state index in [-0.39, 0.29) is 12.8 Å². The van der Waals surface area contributed by atoms with Crippen LogP contribution >= 0.6 is 23.2 Å². The van der Waals surface area contributed by atoms with Crippen molar-refractivity contribution < 1.29 is 0 Å². The molecule has 1 nitrogen and oxygen atoms in total. The van der Waals surface area contributed by atoms with E-state index in [2.05, 4.69) is 50.2 Å². The molecule has 2 rings (SSSR count). The minimum atomic E-state index is 0.161. The van der Waals surface area contributed by atoms with E-state index in [1.807, 2.05) is 13.8 Å². The summed E-state index contributed by atoms with van der Waals surface area (Å²) < 4.78 is 0. The molecule has 0 aliphatic rings. The van der Waals surface area contributed by atoms with Gasteiger partial charge in [0.1, 0.15) is 0 Å². The van der Waals surface area contributed by atoms with Gasteiger partial charge in [0.15, 0.2) is 0 Å². The maximum Gasteiger partial charge on any atom is 0.212 e. The van der Waals surface area contributed by atoms with Crippen LogP contribution in [0.4, 0.5) is 0 Å². The van der Waals surface area contributed by atoms with E-state index < -0.39 is 0 Å². The number of nitrogens with two attached hydrogens (primary N) is 1. The molecule has 2 aromatic rings. The summed E-state index contributed by atoms with van der Waals surface area (Å²) in [6.45, 7) is 8.58. The minimum Gasteiger partial charge on any atom is -0.328 e. The predicted octanol–water partition coefficient (Wildman–Crippen LogP) is 4.35. The summed E-state index contributed by atoms with van der Waals surface area (Å²) >= 11 is 12.7. The Bertz CT molecular complexity index is 634. The van der Waals surface area contributed by atoms with Crippen molar-refractivity contribution in [2.24, 2.45) is 5.73 Å². The highest BCUT2D eigenvalue weighted by atomic mass is 35.5. The van der Waals surface area contributed by atoms with Gasteiger partial charge in [-0.05, 0) is 43.5 Å². The van der Waals surface area contributed by atoms with E-state index in [9.17, 15) is 0 Å². The lowest BCUT2D eigenvalue weighted by Crippen LogP contribution is -2.46. The quantitative estimate of drug-likeness (QED) is 0.799. The normalized spacial score (nSPS) is 13.7. The minimum absolute atomic E-state index is 0.161. The molecule has 2 N–H and O–H groups in total. The molecule has 0 bridgehead atoms. The maximum absolute atomic E-state index is 6.36. The van der Waals surface area contributed by atoms with Gasteiger partial charge in [0.25, 0.3) is 0 Å². The monoisotopic (exact) mass is 347 g/mol. The number of hydrogen-bond donors (Lipinski definition) is 1. The van der Waals surface area contributed by atoms with Crippen molar-refractivity contribution in [3.8, 4) is 0 Å². The first-order valence-electron chi connectivity index (χ1n) is 8.07. The topological polar surface area (TPSA) is 26.0 Å². The third kappa shape index (κ3) is 4.53. The van der Waals surface area contributed by atoms with Crippen LogP contribution in [0.1, 0.15) is 31.4 Å². The Hall–Kier alpha value is -0.955. The molecular formula is C19H24BCl2N. The Morgan fingerprint density at radius 2 is 1.35 bits per heavy atom. The second kappa shape index (κ2) is 7.74. The molecule has 0 spiro atoms. The zero-order chi connectivity index (χ0) is 17.1. The first kappa shape index (κ1) is 18.4. The standard InChI is InChI=1S/C19H24BCl2N/c1-12-5-7-16(10-18(12)21)20(14(3)9-15(4)23)17-8-6-13(2)19(22)11-17/h5-8,10-11,14-15H,9,23H2,1-4H3. The third-order valence-electron chi connectivity index (χ3n) is 4.42. The van der Waals surface area contributed by atoms with Gasteiger partial charge in [-0.2, -0.15) is 0 Å². The van der Waals surface area contributed by atoms with Crippen LogP contribution in [0.25, 0.3) is 0 Å². The molecule has 0 saturated heterocycles. The van der Waals surface area contributed by atoms with Crippen LogP contribution in [0.5, 0.6) is 0 Å². The number of aryl methyl sites for hydroxylation is 2. The molecule has 0 amide bonds. The highest BCUT2D eigenvalue weighted by Crippen LogP contribution is 2.21. The SMILES string of the molecule is Cc1ccc(B(c2ccc(C)c(Cl)c2)C(C)CC(C)N)cc1Cl. The molecule has 23 heavy (non-hydrogen) atoms. The summed E-state index contributed by atoms with van der Waals surface area (Å²) in [4.78, 5) is 0. The van der Waals surface area contributed by atoms with Crippen LogP contribution in [0.2, 0.25) is 15.9 Å². The lowest BCUT2D eigenvalue weighted by atomic mass is 9.33. The first-order valence-corrected chi connectivity index (χ1v) is 8.83. The Morgan fingerprint density at radius 1 is 0.913 bits per heavy atom. The second-order valence-corrected chi connectivity index (χ2v) is 7.50. The molecule has 2 unspecified atom stereocenters. The van der Waals surface area contributed by atoms with Crippen molar-refractivity contribution in [2.75, 3.05) is 0 Å². The fraction of sp³-hybridized carbons (Fsp3) is 0.368. The fourth-order valence-corrected chi connectivity index (χ4v) is 3.56. The first-order chi connectivity index (χ1) is 10.8. The van der Waals surface area contributed by atoms with Gasteiger partial charge in [-0.1, -0.05) is 78.1 Å². The van der Waals surface area contributed by atoms with Crippen LogP contribution in [0, 0.1) is 13.8 Å². The number of halogens is 2. The number of benzene rings is 2. The number of rotatable bonds is 5. The van der Waals surface area contributed by atoms with Gasteiger partial charge < -0.3 is 5.73 Å². The Labute approximate surface area is 150 Å². The van der Waals surface area contributed by atoms with Crippen molar-refractivity contribution in [1.29, 1.82) is 0 Å². The van der Waals surface area contributed by atoms with Crippen molar-refractivity contribution in [2.45, 2.75) is 46.0 Å². The van der Waals surface area contributed by atoms with Gasteiger partial charge in [0, 0.05) is 16.1 Å². The van der Waals surface area contributed by atoms with Crippen molar-refractivity contribution in [3.05, 3.63) is 57.6 Å². The molecule has 2 aromatic carbocycles. The van der Waals surface area contributed by atoms with Crippen LogP contribution in [0.15, 0.2) is 36.4 Å². The van der Waals surface area contributed by atoms with Gasteiger partial charge in [0.2, 0.25) is 6.71 Å². The predicted molar refractivity (Wildman–Crippen MR) is 105 cm³/mol. The van der Waals surface area contributed by atoms with Crippen LogP contribution < -0.4 is 16.7 Å². The summed E-state index contributed by atoms with van der Waals surface area (Å²) in [5.41, 5.74) is 10.7. The van der Waals surface area contributed by atoms with E-state index >= 15 is 0 Å². The fourth-order valence-electron chi connectivity index (χ4n) is 3.18. The molecule has 0 aliphatic heterocycles. The summed E-state index contributed by atoms with van der Waals surface area (Å²) in [7, 11) is 0. The van der Waals surface area contributed by atoms with Crippen molar-refractivity contribution >= 4 is 40.8 Å². The van der Waals surface area contributed by atoms with E-state index in [1.165, 1.54) is 10.9 Å². The van der Waals surface area contributed by atoms with Crippen LogP contribution in [-0.2, 0) is 0 Å². The molecule has 0 aliphatic carbocycles. The summed E-state index contributed by atoms with van der Waals surface area (Å²) in [5.74, 6) is 0.396. The average Bonchev–Trinajstić information content (AvgIpc) is 2.46. The van der Waals surface area contributed by atoms with Gasteiger partial charge in [-0.3, -0.25) is 0 Å². The molecule has 0 saturated carbocycles. The molecule has 4 heteroatoms. The molecule has 122 valence electrons. The van der Waals surface area contributed by atoms with Gasteiger partial charge in [-0.25, -0.2) is 0 Å². The Kier molecular flexibility index (Phi) is 6.19. The number of hydrogen-bond acceptors (Lipinski definition) is 1. The maximum atomic E-state index is 6.36. The summed E-state index contributed by atoms with van der Waals surface area (Å²) in [6, 6.07) is 12.8. The van der Waals surface area contributed by atoms with Gasteiger partial charge >= 0.3 is 0 Å². The van der Waals surface area contributed by atoms with Gasteiger partial charge in [0.05, 0.1) is 0 Å². The zero-order valence-corrected chi connectivity index (χ0v) is 15.7. The Balaban J connectivity index is 2.49. The molecule has 0 heterocycles. The largest absolute Gasteiger partial charge is 0.328 e. The van der Waals surface area contributed by atoms with E-state index in [4.69, 9.17) is 28.9 Å². The molecular weight excluding hydrogens is 324 g/mol. The Morgan fingerprint density at radius 3 is 1.70 bits per heavy atom. The lowest BCUT2D eigenvalue weighted by molar-refractivity contribution is 0.647. The molecule has 0 aromatic heterocycles. The molecule has 0 radical (unpaired) electrons. The molecule has 0 fully saturated rings. The van der Waals surface area contributed by atoms with E-state index in [0.717, 1.165) is 27.6 Å². The third-order valence-corrected chi connectivity index (χ3v) is 5.24. The summed E-state index contributed by atoms with van der Waals surface area (Å²) in [6.07, 6.45) is 0.946. The average molecular weight is 348 g/mol. The zero-order valence-electron chi connectivity index (χ0n) is 14.2. The van der Waals surface area contributed by atoms with Crippen molar-refractivity contribution in [1.82, 2.24) is 0 Å². The van der Waals surface area contributed by atoms with Crippen molar-refractivity contribution in [3.63, 3.8) is 0 Å². The van der Waals surface area contributed by atoms with E-state index in [0.29, 0.717) is 5.82 Å². The van der Waals surface area contributed by atoms with Gasteiger partial charge in [-0.15, -0.1) is 0 Å². The van der Waals surface area contributed by atoms with E-state index in [1.54, 1.807) is 0 Å². The van der Waals surface area contributed by atoms with Crippen LogP contribution in [0.3, 0.4) is 0 Å². The second-order valence-electron chi connectivity index (χ2n) is 6.69. The highest BCUT2D eigenvalue weighted by Gasteiger charge is 2.27. The van der Waals surface area contributed by atoms with Crippen LogP contribution in [-0.4, -0.2) is 12.8 Å². The molecule has 2 atom stereocenters. The smallest absolute Gasteiger partial charge is 0.212 e. The summed E-state index contributed by atoms with van der Waals surface area (Å²) in [5, 5.41) is 1.61. The lowest BCUT2D eigenvalue weighted by Gasteiger charge is -2.24.